The summed E-state index contributed by atoms with van der Waals surface area (Å²) in [6.07, 6.45) is 3.31. The number of benzene rings is 1. The quantitative estimate of drug-likeness (QED) is 0.637. The molecule has 0 saturated carbocycles. The molecule has 1 heterocycles. The van der Waals surface area contributed by atoms with Crippen molar-refractivity contribution in [3.05, 3.63) is 35.9 Å². The summed E-state index contributed by atoms with van der Waals surface area (Å²) in [6.45, 7) is 6.21. The smallest absolute Gasteiger partial charge is 0.188 e. The van der Waals surface area contributed by atoms with Crippen LogP contribution in [0.1, 0.15) is 31.7 Å². The lowest BCUT2D eigenvalue weighted by molar-refractivity contribution is 0.199. The van der Waals surface area contributed by atoms with E-state index in [1.54, 1.807) is 0 Å². The van der Waals surface area contributed by atoms with E-state index in [0.29, 0.717) is 12.0 Å². The largest absolute Gasteiger partial charge is 0.370 e. The zero-order valence-electron chi connectivity index (χ0n) is 12.4. The van der Waals surface area contributed by atoms with Crippen LogP contribution in [0, 0.1) is 0 Å². The zero-order chi connectivity index (χ0) is 14.2. The van der Waals surface area contributed by atoms with Crippen molar-refractivity contribution in [1.29, 1.82) is 0 Å². The second kappa shape index (κ2) is 7.90. The number of hydrogen-bond donors (Lipinski definition) is 2. The maximum absolute atomic E-state index is 5.87. The molecule has 2 rings (SSSR count). The molecule has 0 aromatic heterocycles. The molecular formula is C16H26N4. The van der Waals surface area contributed by atoms with Crippen LogP contribution in [0.3, 0.4) is 0 Å². The Kier molecular flexibility index (Phi) is 5.87. The maximum atomic E-state index is 5.87. The van der Waals surface area contributed by atoms with Crippen LogP contribution in [0.4, 0.5) is 0 Å². The third kappa shape index (κ3) is 4.85. The van der Waals surface area contributed by atoms with Crippen molar-refractivity contribution >= 4 is 5.96 Å². The van der Waals surface area contributed by atoms with Crippen LogP contribution in [-0.4, -0.2) is 36.5 Å². The zero-order valence-corrected chi connectivity index (χ0v) is 12.4. The molecule has 4 nitrogen and oxygen atoms in total. The van der Waals surface area contributed by atoms with Gasteiger partial charge in [-0.1, -0.05) is 37.3 Å². The molecule has 0 bridgehead atoms. The van der Waals surface area contributed by atoms with Gasteiger partial charge >= 0.3 is 0 Å². The average Bonchev–Trinajstić information content (AvgIpc) is 2.48. The van der Waals surface area contributed by atoms with Gasteiger partial charge in [0.25, 0.3) is 0 Å². The van der Waals surface area contributed by atoms with Gasteiger partial charge in [-0.2, -0.15) is 0 Å². The van der Waals surface area contributed by atoms with Gasteiger partial charge < -0.3 is 11.1 Å². The fourth-order valence-corrected chi connectivity index (χ4v) is 2.56. The minimum atomic E-state index is 0.475. The molecule has 0 atom stereocenters. The molecule has 0 aliphatic carbocycles. The van der Waals surface area contributed by atoms with E-state index in [2.05, 4.69) is 52.5 Å². The molecule has 0 amide bonds. The number of hydrogen-bond acceptors (Lipinski definition) is 2. The van der Waals surface area contributed by atoms with Gasteiger partial charge in [-0.05, 0) is 24.8 Å². The number of nitrogens with two attached hydrogens (primary N) is 1. The number of rotatable bonds is 5. The fourth-order valence-electron chi connectivity index (χ4n) is 2.56. The molecule has 1 aliphatic heterocycles. The van der Waals surface area contributed by atoms with Crippen molar-refractivity contribution in [2.75, 3.05) is 19.6 Å². The van der Waals surface area contributed by atoms with Crippen molar-refractivity contribution in [2.24, 2.45) is 10.7 Å². The molecule has 4 heteroatoms. The average molecular weight is 274 g/mol. The first kappa shape index (κ1) is 14.9. The number of nitrogens with one attached hydrogen (secondary N) is 1. The van der Waals surface area contributed by atoms with Gasteiger partial charge in [0.1, 0.15) is 0 Å². The molecule has 1 aromatic rings. The number of piperidine rings is 1. The van der Waals surface area contributed by atoms with Gasteiger partial charge in [0, 0.05) is 32.2 Å². The van der Waals surface area contributed by atoms with E-state index in [0.717, 1.165) is 45.4 Å². The van der Waals surface area contributed by atoms with E-state index in [-0.39, 0.29) is 0 Å². The second-order valence-electron chi connectivity index (χ2n) is 5.45. The summed E-state index contributed by atoms with van der Waals surface area (Å²) in [7, 11) is 0. The molecule has 1 aromatic carbocycles. The summed E-state index contributed by atoms with van der Waals surface area (Å²) in [6, 6.07) is 11.1. The first-order valence-electron chi connectivity index (χ1n) is 7.60. The monoisotopic (exact) mass is 274 g/mol. The van der Waals surface area contributed by atoms with Crippen molar-refractivity contribution < 1.29 is 0 Å². The first-order valence-corrected chi connectivity index (χ1v) is 7.60. The van der Waals surface area contributed by atoms with Crippen molar-refractivity contribution in [3.63, 3.8) is 0 Å². The standard InChI is InChI=1S/C16H26N4/c1-2-10-18-16(17)19-15-8-11-20(12-9-15)13-14-6-4-3-5-7-14/h3-7,15H,2,8-13H2,1H3,(H3,17,18,19). The van der Waals surface area contributed by atoms with Gasteiger partial charge in [-0.25, -0.2) is 0 Å². The molecule has 110 valence electrons. The number of likely N-dealkylation sites (tertiary alicyclic amines) is 1. The number of nitrogens with zero attached hydrogens (tertiary/aromatic N) is 2. The van der Waals surface area contributed by atoms with Crippen molar-refractivity contribution in [3.8, 4) is 0 Å². The Hall–Kier alpha value is -1.55. The van der Waals surface area contributed by atoms with Crippen LogP contribution in [0.2, 0.25) is 0 Å². The van der Waals surface area contributed by atoms with E-state index >= 15 is 0 Å². The number of guanidine groups is 1. The van der Waals surface area contributed by atoms with Gasteiger partial charge in [0.2, 0.25) is 0 Å². The third-order valence-corrected chi connectivity index (χ3v) is 3.69. The van der Waals surface area contributed by atoms with Crippen LogP contribution >= 0.6 is 0 Å². The number of aliphatic imine (C=N–C) groups is 1. The van der Waals surface area contributed by atoms with Gasteiger partial charge in [0.15, 0.2) is 5.96 Å². The minimum absolute atomic E-state index is 0.475. The summed E-state index contributed by atoms with van der Waals surface area (Å²) in [5.41, 5.74) is 7.27. The molecule has 20 heavy (non-hydrogen) atoms. The van der Waals surface area contributed by atoms with E-state index < -0.39 is 0 Å². The van der Waals surface area contributed by atoms with Crippen LogP contribution in [0.25, 0.3) is 0 Å². The second-order valence-corrected chi connectivity index (χ2v) is 5.45. The molecule has 1 saturated heterocycles. The highest BCUT2D eigenvalue weighted by Gasteiger charge is 2.19. The highest BCUT2D eigenvalue weighted by atomic mass is 15.2. The molecule has 1 fully saturated rings. The normalized spacial score (nSPS) is 18.1. The third-order valence-electron chi connectivity index (χ3n) is 3.69. The van der Waals surface area contributed by atoms with E-state index in [1.165, 1.54) is 5.56 Å². The Labute approximate surface area is 122 Å². The lowest BCUT2D eigenvalue weighted by atomic mass is 10.0. The van der Waals surface area contributed by atoms with Crippen LogP contribution < -0.4 is 11.1 Å². The molecular weight excluding hydrogens is 248 g/mol. The summed E-state index contributed by atoms with van der Waals surface area (Å²) >= 11 is 0. The lowest BCUT2D eigenvalue weighted by Gasteiger charge is -2.32. The van der Waals surface area contributed by atoms with Crippen LogP contribution in [-0.2, 0) is 6.54 Å². The molecule has 0 radical (unpaired) electrons. The van der Waals surface area contributed by atoms with E-state index in [4.69, 9.17) is 5.73 Å². The molecule has 1 aliphatic rings. The molecule has 3 N–H and O–H groups in total. The first-order chi connectivity index (χ1) is 9.78. The molecule has 0 spiro atoms. The van der Waals surface area contributed by atoms with Crippen molar-refractivity contribution in [2.45, 2.75) is 38.8 Å². The van der Waals surface area contributed by atoms with Crippen molar-refractivity contribution in [1.82, 2.24) is 10.2 Å². The van der Waals surface area contributed by atoms with Crippen LogP contribution in [0.15, 0.2) is 35.3 Å². The Morgan fingerprint density at radius 3 is 2.65 bits per heavy atom. The SMILES string of the molecule is CCCN=C(N)NC1CCN(Cc2ccccc2)CC1. The minimum Gasteiger partial charge on any atom is -0.370 e. The topological polar surface area (TPSA) is 53.6 Å². The highest BCUT2D eigenvalue weighted by molar-refractivity contribution is 5.78. The van der Waals surface area contributed by atoms with E-state index in [1.807, 2.05) is 0 Å². The Morgan fingerprint density at radius 1 is 1.30 bits per heavy atom. The summed E-state index contributed by atoms with van der Waals surface area (Å²) in [5, 5.41) is 3.34. The Balaban J connectivity index is 1.72. The van der Waals surface area contributed by atoms with Gasteiger partial charge in [0.05, 0.1) is 0 Å². The summed E-state index contributed by atoms with van der Waals surface area (Å²) < 4.78 is 0. The molecule has 0 unspecified atom stereocenters. The van der Waals surface area contributed by atoms with Gasteiger partial charge in [-0.3, -0.25) is 9.89 Å². The lowest BCUT2D eigenvalue weighted by Crippen LogP contribution is -2.46. The van der Waals surface area contributed by atoms with Crippen LogP contribution in [0.5, 0.6) is 0 Å². The Bertz CT molecular complexity index is 408. The maximum Gasteiger partial charge on any atom is 0.188 e. The predicted octanol–water partition coefficient (Wildman–Crippen LogP) is 1.97. The highest BCUT2D eigenvalue weighted by Crippen LogP contribution is 2.13. The van der Waals surface area contributed by atoms with Gasteiger partial charge in [-0.15, -0.1) is 0 Å². The van der Waals surface area contributed by atoms with E-state index in [9.17, 15) is 0 Å². The summed E-state index contributed by atoms with van der Waals surface area (Å²) in [5.74, 6) is 0.605. The summed E-state index contributed by atoms with van der Waals surface area (Å²) in [4.78, 5) is 6.80. The predicted molar refractivity (Wildman–Crippen MR) is 84.7 cm³/mol. The Morgan fingerprint density at radius 2 is 2.00 bits per heavy atom. The fraction of sp³-hybridized carbons (Fsp3) is 0.562.